The van der Waals surface area contributed by atoms with Crippen LogP contribution in [0.2, 0.25) is 0 Å². The van der Waals surface area contributed by atoms with Crippen LogP contribution in [0.5, 0.6) is 5.75 Å². The predicted molar refractivity (Wildman–Crippen MR) is 129 cm³/mol. The Labute approximate surface area is 200 Å². The van der Waals surface area contributed by atoms with Gasteiger partial charge in [-0.1, -0.05) is 53.6 Å². The van der Waals surface area contributed by atoms with E-state index < -0.39 is 22.8 Å². The molecule has 1 heterocycles. The Kier molecular flexibility index (Phi) is 6.41. The van der Waals surface area contributed by atoms with Crippen LogP contribution in [-0.4, -0.2) is 22.8 Å². The van der Waals surface area contributed by atoms with Gasteiger partial charge < -0.3 is 4.74 Å². The first-order valence-corrected chi connectivity index (χ1v) is 10.7. The highest BCUT2D eigenvalue weighted by atomic mass is 16.6. The minimum absolute atomic E-state index is 0.0283. The number of ether oxygens (including phenoxy) is 1. The lowest BCUT2D eigenvalue weighted by Crippen LogP contribution is -2.54. The number of benzene rings is 3. The lowest BCUT2D eigenvalue weighted by molar-refractivity contribution is -0.384. The molecule has 1 aliphatic rings. The summed E-state index contributed by atoms with van der Waals surface area (Å²) < 4.78 is 5.98. The number of imide groups is 2. The molecule has 35 heavy (non-hydrogen) atoms. The molecule has 0 spiro atoms. The largest absolute Gasteiger partial charge is 0.488 e. The van der Waals surface area contributed by atoms with Gasteiger partial charge in [0.15, 0.2) is 0 Å². The minimum Gasteiger partial charge on any atom is -0.488 e. The third-order valence-electron chi connectivity index (χ3n) is 5.30. The van der Waals surface area contributed by atoms with E-state index in [1.54, 1.807) is 24.3 Å². The zero-order valence-corrected chi connectivity index (χ0v) is 19.0. The molecule has 0 atom stereocenters. The number of hydrogen-bond donors (Lipinski definition) is 1. The SMILES string of the molecule is Cc1cc(C)cc(COc2ccccc2/C=C2\C(=O)NC(=O)N(c3cccc([N+](=O)[O-])c3)C2=O)c1. The van der Waals surface area contributed by atoms with Crippen molar-refractivity contribution in [2.45, 2.75) is 20.5 Å². The number of urea groups is 1. The van der Waals surface area contributed by atoms with Gasteiger partial charge in [0, 0.05) is 17.7 Å². The molecule has 9 nitrogen and oxygen atoms in total. The van der Waals surface area contributed by atoms with Gasteiger partial charge in [0.2, 0.25) is 0 Å². The number of nitro groups is 1. The highest BCUT2D eigenvalue weighted by molar-refractivity contribution is 6.39. The molecular formula is C26H21N3O6. The maximum Gasteiger partial charge on any atom is 0.335 e. The Balaban J connectivity index is 1.65. The number of rotatable bonds is 6. The fraction of sp³-hybridized carbons (Fsp3) is 0.115. The summed E-state index contributed by atoms with van der Waals surface area (Å²) in [5, 5.41) is 13.2. The van der Waals surface area contributed by atoms with Gasteiger partial charge in [0.1, 0.15) is 17.9 Å². The molecular weight excluding hydrogens is 450 g/mol. The number of barbiturate groups is 1. The topological polar surface area (TPSA) is 119 Å². The van der Waals surface area contributed by atoms with Crippen LogP contribution >= 0.6 is 0 Å². The lowest BCUT2D eigenvalue weighted by Gasteiger charge is -2.26. The van der Waals surface area contributed by atoms with Gasteiger partial charge in [0.05, 0.1) is 10.6 Å². The van der Waals surface area contributed by atoms with Gasteiger partial charge in [-0.25, -0.2) is 9.69 Å². The normalized spacial score (nSPS) is 14.7. The number of nitrogens with zero attached hydrogens (tertiary/aromatic N) is 2. The standard InChI is InChI=1S/C26H21N3O6/c1-16-10-17(2)12-18(11-16)15-35-23-9-4-3-6-19(23)13-22-24(30)27-26(32)28(25(22)31)20-7-5-8-21(14-20)29(33)34/h3-14H,15H2,1-2H3,(H,27,30,32)/b22-13+. The number of nitro benzene ring substituents is 1. The molecule has 0 saturated carbocycles. The monoisotopic (exact) mass is 471 g/mol. The molecule has 1 aliphatic heterocycles. The Morgan fingerprint density at radius 2 is 1.69 bits per heavy atom. The maximum atomic E-state index is 13.2. The third-order valence-corrected chi connectivity index (χ3v) is 5.30. The van der Waals surface area contributed by atoms with Gasteiger partial charge in [-0.15, -0.1) is 0 Å². The number of aryl methyl sites for hydroxylation is 2. The summed E-state index contributed by atoms with van der Waals surface area (Å²) in [5.74, 6) is -1.33. The number of hydrogen-bond acceptors (Lipinski definition) is 6. The number of anilines is 1. The van der Waals surface area contributed by atoms with Crippen LogP contribution in [0.25, 0.3) is 6.08 Å². The first-order valence-electron chi connectivity index (χ1n) is 10.7. The van der Waals surface area contributed by atoms with Crippen molar-refractivity contribution in [3.8, 4) is 5.75 Å². The zero-order valence-electron chi connectivity index (χ0n) is 19.0. The minimum atomic E-state index is -0.989. The van der Waals surface area contributed by atoms with E-state index in [-0.39, 0.29) is 23.6 Å². The second kappa shape index (κ2) is 9.60. The molecule has 0 bridgehead atoms. The Hall–Kier alpha value is -4.79. The van der Waals surface area contributed by atoms with Crippen molar-refractivity contribution in [3.63, 3.8) is 0 Å². The number of carbonyl (C=O) groups is 3. The van der Waals surface area contributed by atoms with Gasteiger partial charge in [-0.3, -0.25) is 25.0 Å². The highest BCUT2D eigenvalue weighted by Crippen LogP contribution is 2.28. The fourth-order valence-corrected chi connectivity index (χ4v) is 3.84. The summed E-state index contributed by atoms with van der Waals surface area (Å²) in [7, 11) is 0. The second-order valence-corrected chi connectivity index (χ2v) is 8.06. The first kappa shape index (κ1) is 23.4. The first-order chi connectivity index (χ1) is 16.7. The Morgan fingerprint density at radius 3 is 2.40 bits per heavy atom. The van der Waals surface area contributed by atoms with Crippen molar-refractivity contribution >= 4 is 35.3 Å². The molecule has 0 aromatic heterocycles. The van der Waals surface area contributed by atoms with E-state index in [2.05, 4.69) is 11.4 Å². The third kappa shape index (κ3) is 5.09. The highest BCUT2D eigenvalue weighted by Gasteiger charge is 2.37. The quantitative estimate of drug-likeness (QED) is 0.245. The Bertz CT molecular complexity index is 1380. The molecule has 4 rings (SSSR count). The summed E-state index contributed by atoms with van der Waals surface area (Å²) in [4.78, 5) is 49.3. The predicted octanol–water partition coefficient (Wildman–Crippen LogP) is 4.46. The summed E-state index contributed by atoms with van der Waals surface area (Å²) in [5.41, 5.74) is 3.01. The summed E-state index contributed by atoms with van der Waals surface area (Å²) in [6.45, 7) is 4.27. The molecule has 4 amide bonds. The number of nitrogens with one attached hydrogen (secondary N) is 1. The van der Waals surface area contributed by atoms with E-state index in [0.29, 0.717) is 16.2 Å². The zero-order chi connectivity index (χ0) is 25.1. The van der Waals surface area contributed by atoms with Crippen molar-refractivity contribution in [1.29, 1.82) is 0 Å². The summed E-state index contributed by atoms with van der Waals surface area (Å²) in [6, 6.07) is 17.0. The van der Waals surface area contributed by atoms with Crippen LogP contribution in [0, 0.1) is 24.0 Å². The van der Waals surface area contributed by atoms with Crippen LogP contribution < -0.4 is 15.0 Å². The summed E-state index contributed by atoms with van der Waals surface area (Å²) in [6.07, 6.45) is 1.34. The molecule has 9 heteroatoms. The molecule has 1 saturated heterocycles. The van der Waals surface area contributed by atoms with Crippen molar-refractivity contribution in [1.82, 2.24) is 5.32 Å². The lowest BCUT2D eigenvalue weighted by atomic mass is 10.1. The Morgan fingerprint density at radius 1 is 0.971 bits per heavy atom. The smallest absolute Gasteiger partial charge is 0.335 e. The van der Waals surface area contributed by atoms with Crippen LogP contribution in [0.1, 0.15) is 22.3 Å². The van der Waals surface area contributed by atoms with E-state index in [9.17, 15) is 24.5 Å². The van der Waals surface area contributed by atoms with Crippen LogP contribution in [-0.2, 0) is 16.2 Å². The molecule has 3 aromatic rings. The number of para-hydroxylation sites is 1. The van der Waals surface area contributed by atoms with Gasteiger partial charge in [-0.05, 0) is 37.6 Å². The van der Waals surface area contributed by atoms with Crippen molar-refractivity contribution < 1.29 is 24.0 Å². The van der Waals surface area contributed by atoms with Crippen molar-refractivity contribution in [2.24, 2.45) is 0 Å². The molecule has 1 N–H and O–H groups in total. The average molecular weight is 471 g/mol. The number of amides is 4. The van der Waals surface area contributed by atoms with E-state index in [4.69, 9.17) is 4.74 Å². The summed E-state index contributed by atoms with van der Waals surface area (Å²) >= 11 is 0. The van der Waals surface area contributed by atoms with Crippen molar-refractivity contribution in [3.05, 3.63) is 105 Å². The van der Waals surface area contributed by atoms with Crippen LogP contribution in [0.3, 0.4) is 0 Å². The fourth-order valence-electron chi connectivity index (χ4n) is 3.84. The molecule has 1 fully saturated rings. The molecule has 0 aliphatic carbocycles. The van der Waals surface area contributed by atoms with E-state index in [1.807, 2.05) is 26.0 Å². The molecule has 3 aromatic carbocycles. The van der Waals surface area contributed by atoms with Crippen LogP contribution in [0.15, 0.2) is 72.3 Å². The van der Waals surface area contributed by atoms with E-state index >= 15 is 0 Å². The molecule has 176 valence electrons. The number of carbonyl (C=O) groups excluding carboxylic acids is 3. The molecule has 0 unspecified atom stereocenters. The second-order valence-electron chi connectivity index (χ2n) is 8.06. The number of non-ortho nitro benzene ring substituents is 1. The maximum absolute atomic E-state index is 13.2. The average Bonchev–Trinajstić information content (AvgIpc) is 2.80. The van der Waals surface area contributed by atoms with E-state index in [0.717, 1.165) is 22.8 Å². The van der Waals surface area contributed by atoms with Gasteiger partial charge >= 0.3 is 6.03 Å². The van der Waals surface area contributed by atoms with E-state index in [1.165, 1.54) is 24.3 Å². The van der Waals surface area contributed by atoms with Crippen LogP contribution in [0.4, 0.5) is 16.2 Å². The van der Waals surface area contributed by atoms with Crippen molar-refractivity contribution in [2.75, 3.05) is 4.90 Å². The van der Waals surface area contributed by atoms with Gasteiger partial charge in [0.25, 0.3) is 17.5 Å². The van der Waals surface area contributed by atoms with Gasteiger partial charge in [-0.2, -0.15) is 0 Å². The molecule has 0 radical (unpaired) electrons.